The van der Waals surface area contributed by atoms with Crippen molar-refractivity contribution in [3.8, 4) is 5.75 Å². The normalized spacial score (nSPS) is 14.5. The SMILES string of the molecule is Cc1ccc(S(=O)(=O)OCCOc2cc(F)c(N3CCN(C(=O)O)CC3)c(F)c2)cc1. The summed E-state index contributed by atoms with van der Waals surface area (Å²) in [6.45, 7) is 1.85. The second-order valence-electron chi connectivity index (χ2n) is 6.93. The number of piperazine rings is 1. The molecule has 1 aliphatic heterocycles. The van der Waals surface area contributed by atoms with Gasteiger partial charge < -0.3 is 19.6 Å². The number of ether oxygens (including phenoxy) is 1. The number of amides is 1. The zero-order chi connectivity index (χ0) is 22.6. The van der Waals surface area contributed by atoms with Crippen molar-refractivity contribution in [1.29, 1.82) is 0 Å². The summed E-state index contributed by atoms with van der Waals surface area (Å²) in [6, 6.07) is 8.12. The number of hydrogen-bond acceptors (Lipinski definition) is 6. The molecular formula is C20H22F2N2O6S. The Bertz CT molecular complexity index is 1020. The maximum absolute atomic E-state index is 14.5. The van der Waals surface area contributed by atoms with E-state index in [1.807, 2.05) is 6.92 Å². The monoisotopic (exact) mass is 456 g/mol. The number of benzene rings is 2. The van der Waals surface area contributed by atoms with E-state index < -0.39 is 27.8 Å². The molecule has 2 aromatic rings. The Labute approximate surface area is 178 Å². The van der Waals surface area contributed by atoms with Gasteiger partial charge in [-0.15, -0.1) is 0 Å². The van der Waals surface area contributed by atoms with Crippen molar-refractivity contribution in [3.63, 3.8) is 0 Å². The fraction of sp³-hybridized carbons (Fsp3) is 0.350. The molecule has 0 atom stereocenters. The number of hydrogen-bond donors (Lipinski definition) is 1. The van der Waals surface area contributed by atoms with Crippen molar-refractivity contribution in [2.75, 3.05) is 44.3 Å². The summed E-state index contributed by atoms with van der Waals surface area (Å²) in [7, 11) is -3.96. The van der Waals surface area contributed by atoms with Gasteiger partial charge >= 0.3 is 6.09 Å². The lowest BCUT2D eigenvalue weighted by molar-refractivity contribution is 0.142. The van der Waals surface area contributed by atoms with E-state index in [0.717, 1.165) is 17.7 Å². The van der Waals surface area contributed by atoms with Gasteiger partial charge in [0.15, 0.2) is 11.6 Å². The lowest BCUT2D eigenvalue weighted by atomic mass is 10.2. The van der Waals surface area contributed by atoms with E-state index in [9.17, 15) is 22.0 Å². The Morgan fingerprint density at radius 1 is 1.03 bits per heavy atom. The van der Waals surface area contributed by atoms with E-state index in [1.54, 1.807) is 12.1 Å². The molecule has 1 aliphatic rings. The number of aryl methyl sites for hydroxylation is 1. The molecule has 1 saturated heterocycles. The van der Waals surface area contributed by atoms with Crippen LogP contribution in [0.15, 0.2) is 41.3 Å². The van der Waals surface area contributed by atoms with Gasteiger partial charge in [-0.1, -0.05) is 17.7 Å². The Hall–Kier alpha value is -2.92. The Morgan fingerprint density at radius 2 is 1.61 bits per heavy atom. The first-order valence-electron chi connectivity index (χ1n) is 9.48. The first kappa shape index (κ1) is 22.8. The Morgan fingerprint density at radius 3 is 2.16 bits per heavy atom. The second-order valence-corrected chi connectivity index (χ2v) is 8.55. The number of carbonyl (C=O) groups is 1. The lowest BCUT2D eigenvalue weighted by Crippen LogP contribution is -2.48. The lowest BCUT2D eigenvalue weighted by Gasteiger charge is -2.34. The number of carboxylic acid groups (broad SMARTS) is 1. The van der Waals surface area contributed by atoms with E-state index in [1.165, 1.54) is 21.9 Å². The minimum absolute atomic E-state index is 0.00235. The van der Waals surface area contributed by atoms with Gasteiger partial charge in [-0.05, 0) is 19.1 Å². The van der Waals surface area contributed by atoms with Crippen LogP contribution in [0.25, 0.3) is 0 Å². The van der Waals surface area contributed by atoms with Crippen LogP contribution in [0.1, 0.15) is 5.56 Å². The molecule has 3 rings (SSSR count). The number of nitrogens with zero attached hydrogens (tertiary/aromatic N) is 2. The summed E-state index contributed by atoms with van der Waals surface area (Å²) in [5.41, 5.74) is 0.647. The van der Waals surface area contributed by atoms with Crippen LogP contribution in [0.3, 0.4) is 0 Å². The van der Waals surface area contributed by atoms with E-state index in [-0.39, 0.29) is 55.7 Å². The van der Waals surface area contributed by atoms with Crippen LogP contribution in [-0.2, 0) is 14.3 Å². The van der Waals surface area contributed by atoms with E-state index >= 15 is 0 Å². The molecule has 2 aromatic carbocycles. The van der Waals surface area contributed by atoms with Crippen LogP contribution in [0.4, 0.5) is 19.3 Å². The molecule has 11 heteroatoms. The van der Waals surface area contributed by atoms with Crippen LogP contribution in [0, 0.1) is 18.6 Å². The van der Waals surface area contributed by atoms with Crippen LogP contribution < -0.4 is 9.64 Å². The second kappa shape index (κ2) is 9.48. The highest BCUT2D eigenvalue weighted by Gasteiger charge is 2.25. The molecule has 1 amide bonds. The van der Waals surface area contributed by atoms with Gasteiger partial charge in [-0.25, -0.2) is 13.6 Å². The molecule has 8 nitrogen and oxygen atoms in total. The van der Waals surface area contributed by atoms with Crippen LogP contribution >= 0.6 is 0 Å². The highest BCUT2D eigenvalue weighted by molar-refractivity contribution is 7.86. The van der Waals surface area contributed by atoms with E-state index in [0.29, 0.717) is 0 Å². The van der Waals surface area contributed by atoms with Gasteiger partial charge in [0.1, 0.15) is 24.7 Å². The number of rotatable bonds is 7. The number of halogens is 2. The van der Waals surface area contributed by atoms with Crippen LogP contribution in [0.5, 0.6) is 5.75 Å². The molecule has 0 unspecified atom stereocenters. The minimum atomic E-state index is -3.96. The first-order chi connectivity index (χ1) is 14.7. The van der Waals surface area contributed by atoms with Crippen molar-refractivity contribution in [1.82, 2.24) is 4.90 Å². The molecule has 0 bridgehead atoms. The predicted octanol–water partition coefficient (Wildman–Crippen LogP) is 2.86. The van der Waals surface area contributed by atoms with Crippen LogP contribution in [-0.4, -0.2) is 63.9 Å². The summed E-state index contributed by atoms with van der Waals surface area (Å²) in [4.78, 5) is 13.6. The van der Waals surface area contributed by atoms with Gasteiger partial charge in [0.05, 0.1) is 4.90 Å². The maximum Gasteiger partial charge on any atom is 0.407 e. The van der Waals surface area contributed by atoms with Crippen LogP contribution in [0.2, 0.25) is 0 Å². The molecule has 0 radical (unpaired) electrons. The van der Waals surface area contributed by atoms with Gasteiger partial charge in [0, 0.05) is 38.3 Å². The summed E-state index contributed by atoms with van der Waals surface area (Å²) < 4.78 is 63.3. The molecule has 1 fully saturated rings. The summed E-state index contributed by atoms with van der Waals surface area (Å²) in [5.74, 6) is -1.82. The quantitative estimate of drug-likeness (QED) is 0.506. The third kappa shape index (κ3) is 5.61. The van der Waals surface area contributed by atoms with E-state index in [4.69, 9.17) is 14.0 Å². The maximum atomic E-state index is 14.5. The van der Waals surface area contributed by atoms with Crippen molar-refractivity contribution in [3.05, 3.63) is 53.6 Å². The summed E-state index contributed by atoms with van der Waals surface area (Å²) >= 11 is 0. The van der Waals surface area contributed by atoms with Gasteiger partial charge in [-0.3, -0.25) is 4.18 Å². The molecule has 168 valence electrons. The molecule has 0 spiro atoms. The fourth-order valence-corrected chi connectivity index (χ4v) is 4.02. The highest BCUT2D eigenvalue weighted by atomic mass is 32.2. The summed E-state index contributed by atoms with van der Waals surface area (Å²) in [6.07, 6.45) is -1.07. The molecular weight excluding hydrogens is 434 g/mol. The molecule has 0 aromatic heterocycles. The van der Waals surface area contributed by atoms with Crippen molar-refractivity contribution in [2.24, 2.45) is 0 Å². The zero-order valence-electron chi connectivity index (χ0n) is 16.8. The van der Waals surface area contributed by atoms with Gasteiger partial charge in [-0.2, -0.15) is 8.42 Å². The summed E-state index contributed by atoms with van der Waals surface area (Å²) in [5, 5.41) is 8.96. The standard InChI is InChI=1S/C20H22F2N2O6S/c1-14-2-4-16(5-3-14)31(27,28)30-11-10-29-15-12-17(21)19(18(22)13-15)23-6-8-24(9-7-23)20(25)26/h2-5,12-13H,6-11H2,1H3,(H,25,26). The molecule has 1 heterocycles. The average molecular weight is 456 g/mol. The molecule has 0 aliphatic carbocycles. The molecule has 31 heavy (non-hydrogen) atoms. The minimum Gasteiger partial charge on any atom is -0.491 e. The van der Waals surface area contributed by atoms with Crippen molar-refractivity contribution >= 4 is 21.9 Å². The van der Waals surface area contributed by atoms with Crippen molar-refractivity contribution in [2.45, 2.75) is 11.8 Å². The zero-order valence-corrected chi connectivity index (χ0v) is 17.6. The predicted molar refractivity (Wildman–Crippen MR) is 108 cm³/mol. The molecule has 0 saturated carbocycles. The Balaban J connectivity index is 1.56. The average Bonchev–Trinajstić information content (AvgIpc) is 2.71. The van der Waals surface area contributed by atoms with Gasteiger partial charge in [0.25, 0.3) is 10.1 Å². The number of anilines is 1. The van der Waals surface area contributed by atoms with Crippen molar-refractivity contribution < 1.29 is 36.0 Å². The topological polar surface area (TPSA) is 96.4 Å². The Kier molecular flexibility index (Phi) is 6.96. The smallest absolute Gasteiger partial charge is 0.407 e. The largest absolute Gasteiger partial charge is 0.491 e. The van der Waals surface area contributed by atoms with Gasteiger partial charge in [0.2, 0.25) is 0 Å². The van der Waals surface area contributed by atoms with E-state index in [2.05, 4.69) is 0 Å². The first-order valence-corrected chi connectivity index (χ1v) is 10.9. The fourth-order valence-electron chi connectivity index (χ4n) is 3.13. The third-order valence-electron chi connectivity index (χ3n) is 4.76. The third-order valence-corrected chi connectivity index (χ3v) is 6.08. The molecule has 1 N–H and O–H groups in total. The highest BCUT2D eigenvalue weighted by Crippen LogP contribution is 2.29.